The first kappa shape index (κ1) is 14.2. The van der Waals surface area contributed by atoms with E-state index in [4.69, 9.17) is 0 Å². The lowest BCUT2D eigenvalue weighted by atomic mass is 9.93. The molecule has 1 aliphatic heterocycles. The van der Waals surface area contributed by atoms with Gasteiger partial charge in [0, 0.05) is 11.8 Å². The summed E-state index contributed by atoms with van der Waals surface area (Å²) in [5.41, 5.74) is 4.11. The molecule has 0 saturated heterocycles. The molecule has 3 rings (SSSR count). The smallest absolute Gasteiger partial charge is 0.144 e. The fraction of sp³-hybridized carbons (Fsp3) is 0.111. The first-order valence-corrected chi connectivity index (χ1v) is 7.06. The minimum absolute atomic E-state index is 0.0223. The first-order chi connectivity index (χ1) is 10.8. The summed E-state index contributed by atoms with van der Waals surface area (Å²) in [4.78, 5) is 10.6. The van der Waals surface area contributed by atoms with Crippen LogP contribution in [0.15, 0.2) is 65.9 Å². The molecule has 4 heteroatoms. The van der Waals surface area contributed by atoms with E-state index in [1.165, 1.54) is 6.08 Å². The Hall–Kier alpha value is -2.72. The highest BCUT2D eigenvalue weighted by Gasteiger charge is 2.24. The molecule has 0 fully saturated rings. The highest BCUT2D eigenvalue weighted by atomic mass is 16.3. The Labute approximate surface area is 129 Å². The number of nitrogens with zero attached hydrogens (tertiary/aromatic N) is 2. The Morgan fingerprint density at radius 2 is 1.91 bits per heavy atom. The summed E-state index contributed by atoms with van der Waals surface area (Å²) in [6.45, 7) is 0.0223. The molecule has 0 bridgehead atoms. The minimum atomic E-state index is -0.0925. The number of rotatable bonds is 4. The fourth-order valence-corrected chi connectivity index (χ4v) is 2.60. The molecule has 1 heterocycles. The van der Waals surface area contributed by atoms with Crippen LogP contribution in [0.2, 0.25) is 0 Å². The average molecular weight is 292 g/mol. The van der Waals surface area contributed by atoms with Gasteiger partial charge in [0.25, 0.3) is 0 Å². The molecule has 0 aromatic heterocycles. The van der Waals surface area contributed by atoms with Crippen LogP contribution in [0.25, 0.3) is 0 Å². The molecule has 0 saturated carbocycles. The summed E-state index contributed by atoms with van der Waals surface area (Å²) in [5.74, 6) is 0. The van der Waals surface area contributed by atoms with Gasteiger partial charge in [-0.15, -0.1) is 0 Å². The van der Waals surface area contributed by atoms with E-state index < -0.39 is 0 Å². The van der Waals surface area contributed by atoms with Crippen molar-refractivity contribution in [3.63, 3.8) is 0 Å². The zero-order chi connectivity index (χ0) is 15.4. The summed E-state index contributed by atoms with van der Waals surface area (Å²) in [6, 6.07) is 15.7. The van der Waals surface area contributed by atoms with Gasteiger partial charge in [0.1, 0.15) is 12.3 Å². The van der Waals surface area contributed by atoms with E-state index in [1.54, 1.807) is 17.4 Å². The number of carbonyl (C=O) groups excluding carboxylic acids is 1. The number of hydrazone groups is 1. The lowest BCUT2D eigenvalue weighted by molar-refractivity contribution is -0.104. The quantitative estimate of drug-likeness (QED) is 0.696. The van der Waals surface area contributed by atoms with Crippen molar-refractivity contribution < 1.29 is 9.90 Å². The number of hydrogen-bond donors (Lipinski definition) is 1. The molecule has 0 radical (unpaired) electrons. The molecule has 110 valence electrons. The van der Waals surface area contributed by atoms with Gasteiger partial charge >= 0.3 is 0 Å². The van der Waals surface area contributed by atoms with Gasteiger partial charge in [0.05, 0.1) is 12.8 Å². The van der Waals surface area contributed by atoms with Crippen LogP contribution < -0.4 is 0 Å². The van der Waals surface area contributed by atoms with Gasteiger partial charge in [-0.1, -0.05) is 48.5 Å². The second kappa shape index (κ2) is 6.37. The predicted molar refractivity (Wildman–Crippen MR) is 85.3 cm³/mol. The van der Waals surface area contributed by atoms with Crippen molar-refractivity contribution >= 4 is 12.5 Å². The molecule has 0 spiro atoms. The number of aliphatic hydroxyl groups excluding tert-OH is 1. The Bertz CT molecular complexity index is 720. The van der Waals surface area contributed by atoms with Crippen LogP contribution in [-0.2, 0) is 11.4 Å². The number of aldehydes is 1. The maximum absolute atomic E-state index is 10.6. The van der Waals surface area contributed by atoms with Crippen molar-refractivity contribution in [2.24, 2.45) is 5.10 Å². The van der Waals surface area contributed by atoms with Gasteiger partial charge in [0.15, 0.2) is 0 Å². The van der Waals surface area contributed by atoms with Gasteiger partial charge in [-0.05, 0) is 22.8 Å². The van der Waals surface area contributed by atoms with E-state index in [2.05, 4.69) is 11.2 Å². The molecule has 2 aromatic carbocycles. The van der Waals surface area contributed by atoms with Crippen molar-refractivity contribution in [1.82, 2.24) is 5.01 Å². The van der Waals surface area contributed by atoms with Crippen molar-refractivity contribution in [1.29, 1.82) is 0 Å². The normalized spacial score (nSPS) is 16.8. The monoisotopic (exact) mass is 292 g/mol. The lowest BCUT2D eigenvalue weighted by Crippen LogP contribution is -2.24. The van der Waals surface area contributed by atoms with Crippen LogP contribution in [0.1, 0.15) is 28.3 Å². The number of allylic oxidation sites excluding steroid dienone is 1. The molecule has 0 aliphatic carbocycles. The average Bonchev–Trinajstić information content (AvgIpc) is 2.59. The second-order valence-electron chi connectivity index (χ2n) is 5.03. The Kier molecular flexibility index (Phi) is 4.12. The van der Waals surface area contributed by atoms with E-state index in [-0.39, 0.29) is 12.6 Å². The van der Waals surface area contributed by atoms with Crippen LogP contribution >= 0.6 is 0 Å². The Morgan fingerprint density at radius 3 is 2.64 bits per heavy atom. The van der Waals surface area contributed by atoms with Crippen molar-refractivity contribution in [2.75, 3.05) is 0 Å². The summed E-state index contributed by atoms with van der Waals surface area (Å²) in [7, 11) is 0. The van der Waals surface area contributed by atoms with Crippen LogP contribution in [0.5, 0.6) is 0 Å². The molecule has 1 aliphatic rings. The topological polar surface area (TPSA) is 52.9 Å². The molecular formula is C18H16N2O2. The lowest BCUT2D eigenvalue weighted by Gasteiger charge is -2.31. The maximum atomic E-state index is 10.6. The summed E-state index contributed by atoms with van der Waals surface area (Å²) in [5, 5.41) is 15.4. The van der Waals surface area contributed by atoms with E-state index >= 15 is 0 Å². The Morgan fingerprint density at radius 1 is 1.14 bits per heavy atom. The SMILES string of the molecule is O=CC=CN1N=Cc2ccccc2C1c1ccc(CO)cc1. The third-order valence-electron chi connectivity index (χ3n) is 3.68. The van der Waals surface area contributed by atoms with Crippen LogP contribution in [0, 0.1) is 0 Å². The minimum Gasteiger partial charge on any atom is -0.392 e. The molecule has 0 amide bonds. The standard InChI is InChI=1S/C18H16N2O2/c21-11-3-10-20-18(15-8-6-14(13-22)7-9-15)17-5-2-1-4-16(17)12-19-20/h1-12,18,22H,13H2. The molecule has 22 heavy (non-hydrogen) atoms. The van der Waals surface area contributed by atoms with E-state index in [0.29, 0.717) is 0 Å². The molecule has 1 unspecified atom stereocenters. The Balaban J connectivity index is 2.06. The third-order valence-corrected chi connectivity index (χ3v) is 3.68. The van der Waals surface area contributed by atoms with Gasteiger partial charge in [-0.2, -0.15) is 5.10 Å². The molecular weight excluding hydrogens is 276 g/mol. The third kappa shape index (κ3) is 2.69. The van der Waals surface area contributed by atoms with E-state index in [1.807, 2.05) is 42.5 Å². The van der Waals surface area contributed by atoms with Crippen LogP contribution in [0.4, 0.5) is 0 Å². The van der Waals surface area contributed by atoms with Crippen molar-refractivity contribution in [2.45, 2.75) is 12.6 Å². The first-order valence-electron chi connectivity index (χ1n) is 7.06. The van der Waals surface area contributed by atoms with E-state index in [9.17, 15) is 9.90 Å². The van der Waals surface area contributed by atoms with Gasteiger partial charge in [0.2, 0.25) is 0 Å². The van der Waals surface area contributed by atoms with Crippen LogP contribution in [-0.4, -0.2) is 22.6 Å². The molecule has 1 N–H and O–H groups in total. The maximum Gasteiger partial charge on any atom is 0.144 e. The number of benzene rings is 2. The van der Waals surface area contributed by atoms with Crippen molar-refractivity contribution in [3.05, 3.63) is 83.1 Å². The number of carbonyl (C=O) groups is 1. The van der Waals surface area contributed by atoms with Gasteiger partial charge in [-0.25, -0.2) is 0 Å². The molecule has 2 aromatic rings. The van der Waals surface area contributed by atoms with Crippen molar-refractivity contribution in [3.8, 4) is 0 Å². The highest BCUT2D eigenvalue weighted by Crippen LogP contribution is 2.33. The van der Waals surface area contributed by atoms with Crippen LogP contribution in [0.3, 0.4) is 0 Å². The molecule has 1 atom stereocenters. The fourth-order valence-electron chi connectivity index (χ4n) is 2.60. The number of aliphatic hydroxyl groups is 1. The van der Waals surface area contributed by atoms with Gasteiger partial charge < -0.3 is 5.11 Å². The summed E-state index contributed by atoms with van der Waals surface area (Å²) in [6.07, 6.45) is 5.63. The van der Waals surface area contributed by atoms with E-state index in [0.717, 1.165) is 28.5 Å². The zero-order valence-corrected chi connectivity index (χ0v) is 12.0. The predicted octanol–water partition coefficient (Wildman–Crippen LogP) is 2.63. The largest absolute Gasteiger partial charge is 0.392 e. The summed E-state index contributed by atoms with van der Waals surface area (Å²) < 4.78 is 0. The zero-order valence-electron chi connectivity index (χ0n) is 12.0. The van der Waals surface area contributed by atoms with Gasteiger partial charge in [-0.3, -0.25) is 9.80 Å². The number of fused-ring (bicyclic) bond motifs is 1. The second-order valence-corrected chi connectivity index (χ2v) is 5.03. The molecule has 4 nitrogen and oxygen atoms in total. The number of hydrogen-bond acceptors (Lipinski definition) is 4. The highest BCUT2D eigenvalue weighted by molar-refractivity contribution is 5.83. The summed E-state index contributed by atoms with van der Waals surface area (Å²) >= 11 is 0.